The van der Waals surface area contributed by atoms with Gasteiger partial charge in [-0.05, 0) is 17.4 Å². The topological polar surface area (TPSA) is 92.5 Å². The Labute approximate surface area is 177 Å². The van der Waals surface area contributed by atoms with E-state index in [-0.39, 0.29) is 6.17 Å². The van der Waals surface area contributed by atoms with Crippen LogP contribution in [-0.4, -0.2) is 50.4 Å². The zero-order valence-corrected chi connectivity index (χ0v) is 18.0. The second kappa shape index (κ2) is 7.59. The van der Waals surface area contributed by atoms with Crippen molar-refractivity contribution in [1.82, 2.24) is 15.5 Å². The average Bonchev–Trinajstić information content (AvgIpc) is 3.36. The molecule has 30 heavy (non-hydrogen) atoms. The van der Waals surface area contributed by atoms with Gasteiger partial charge in [-0.25, -0.2) is 0 Å². The minimum Gasteiger partial charge on any atom is -0.495 e. The van der Waals surface area contributed by atoms with Crippen LogP contribution in [0.15, 0.2) is 18.3 Å². The second-order valence-corrected chi connectivity index (χ2v) is 8.57. The molecule has 1 aromatic carbocycles. The third kappa shape index (κ3) is 3.14. The highest BCUT2D eigenvalue weighted by atomic mass is 32.1. The number of rotatable bonds is 6. The normalized spacial score (nSPS) is 22.4. The van der Waals surface area contributed by atoms with Gasteiger partial charge in [-0.15, -0.1) is 11.3 Å². The monoisotopic (exact) mass is 427 g/mol. The largest absolute Gasteiger partial charge is 0.495 e. The first-order chi connectivity index (χ1) is 14.7. The summed E-state index contributed by atoms with van der Waals surface area (Å²) in [5, 5.41) is 21.2. The van der Waals surface area contributed by atoms with Crippen LogP contribution in [0.25, 0.3) is 23.1 Å². The molecule has 0 saturated carbocycles. The number of hydrogen-bond acceptors (Lipinski definition) is 8. The average molecular weight is 428 g/mol. The van der Waals surface area contributed by atoms with Crippen molar-refractivity contribution in [1.29, 1.82) is 0 Å². The predicted octanol–water partition coefficient (Wildman–Crippen LogP) is 1.71. The van der Waals surface area contributed by atoms with Gasteiger partial charge in [0.2, 0.25) is 0 Å². The van der Waals surface area contributed by atoms with Crippen LogP contribution >= 0.6 is 11.3 Å². The Bertz CT molecular complexity index is 1200. The molecule has 2 aromatic heterocycles. The maximum Gasteiger partial charge on any atom is 0.144 e. The lowest BCUT2D eigenvalue weighted by atomic mass is 9.94. The molecular weight excluding hydrogens is 402 g/mol. The molecule has 3 heterocycles. The van der Waals surface area contributed by atoms with Crippen molar-refractivity contribution in [3.05, 3.63) is 33.6 Å². The number of anilines is 2. The Hall–Kier alpha value is -2.59. The van der Waals surface area contributed by atoms with E-state index in [1.165, 1.54) is 15.3 Å². The molecule has 4 N–H and O–H groups in total. The number of aromatic amines is 1. The van der Waals surface area contributed by atoms with Crippen LogP contribution in [-0.2, 0) is 9.47 Å². The Kier molecular flexibility index (Phi) is 4.90. The van der Waals surface area contributed by atoms with Crippen molar-refractivity contribution in [2.75, 3.05) is 45.2 Å². The van der Waals surface area contributed by atoms with Gasteiger partial charge in [-0.2, -0.15) is 5.10 Å². The third-order valence-corrected chi connectivity index (χ3v) is 6.88. The fourth-order valence-electron chi connectivity index (χ4n) is 4.20. The summed E-state index contributed by atoms with van der Waals surface area (Å²) in [5.74, 6) is 0.770. The van der Waals surface area contributed by atoms with Crippen LogP contribution in [0.2, 0.25) is 0 Å². The van der Waals surface area contributed by atoms with Crippen LogP contribution in [0.4, 0.5) is 10.7 Å². The van der Waals surface area contributed by atoms with Crippen molar-refractivity contribution in [3.63, 3.8) is 0 Å². The van der Waals surface area contributed by atoms with E-state index in [9.17, 15) is 0 Å². The molecule has 0 spiro atoms. The molecule has 2 unspecified atom stereocenters. The number of nitrogens with zero attached hydrogens (tertiary/aromatic N) is 1. The number of benzene rings is 1. The van der Waals surface area contributed by atoms with Gasteiger partial charge in [0.05, 0.1) is 42.8 Å². The summed E-state index contributed by atoms with van der Waals surface area (Å²) < 4.78 is 18.0. The van der Waals surface area contributed by atoms with Crippen molar-refractivity contribution in [2.24, 2.45) is 0 Å². The van der Waals surface area contributed by atoms with Crippen molar-refractivity contribution in [2.45, 2.75) is 18.2 Å². The van der Waals surface area contributed by atoms with Gasteiger partial charge >= 0.3 is 0 Å². The first-order valence-electron chi connectivity index (χ1n) is 9.81. The number of H-pyrrole nitrogens is 1. The van der Waals surface area contributed by atoms with Gasteiger partial charge in [-0.1, -0.05) is 6.08 Å². The molecule has 0 radical (unpaired) electrons. The lowest BCUT2D eigenvalue weighted by Gasteiger charge is -2.30. The van der Waals surface area contributed by atoms with Crippen LogP contribution in [0.1, 0.15) is 18.2 Å². The number of aromatic nitrogens is 2. The highest BCUT2D eigenvalue weighted by Gasteiger charge is 2.32. The molecule has 0 fully saturated rings. The summed E-state index contributed by atoms with van der Waals surface area (Å²) in [4.78, 5) is 0. The van der Waals surface area contributed by atoms with Crippen molar-refractivity contribution < 1.29 is 14.2 Å². The molecule has 0 amide bonds. The number of fused-ring (bicyclic) bond motifs is 4. The van der Waals surface area contributed by atoms with E-state index >= 15 is 0 Å². The van der Waals surface area contributed by atoms with E-state index in [1.807, 2.05) is 12.3 Å². The SMILES string of the molecule is COCC1(OC)C=c2sc3c(c2=CC1)C(Nc1cc2cn[nH]c2cc1OC)NCN3. The van der Waals surface area contributed by atoms with Crippen LogP contribution in [0.5, 0.6) is 5.75 Å². The molecule has 9 heteroatoms. The standard InChI is InChI=1S/C21H25N5O3S/c1-27-10-21(29-3)5-4-13-17(8-21)30-20-18(13)19(22-11-23-20)25-15-6-12-9-24-26-14(12)7-16(15)28-2/h4,6-9,19,22-23,25H,5,10-11H2,1-3H3,(H,24,26). The highest BCUT2D eigenvalue weighted by molar-refractivity contribution is 7.14. The van der Waals surface area contributed by atoms with Gasteiger partial charge < -0.3 is 24.8 Å². The van der Waals surface area contributed by atoms with E-state index in [1.54, 1.807) is 32.7 Å². The minimum absolute atomic E-state index is 0.0541. The molecule has 1 aliphatic heterocycles. The molecule has 2 atom stereocenters. The van der Waals surface area contributed by atoms with Crippen LogP contribution in [0.3, 0.4) is 0 Å². The van der Waals surface area contributed by atoms with Gasteiger partial charge in [0.25, 0.3) is 0 Å². The number of ether oxygens (including phenoxy) is 3. The maximum atomic E-state index is 5.81. The van der Waals surface area contributed by atoms with Crippen molar-refractivity contribution >= 4 is 45.1 Å². The number of methoxy groups -OCH3 is 3. The summed E-state index contributed by atoms with van der Waals surface area (Å²) in [5.41, 5.74) is 2.67. The van der Waals surface area contributed by atoms with E-state index < -0.39 is 5.60 Å². The maximum absolute atomic E-state index is 5.81. The molecular formula is C21H25N5O3S. The van der Waals surface area contributed by atoms with Crippen molar-refractivity contribution in [3.8, 4) is 5.75 Å². The fraction of sp³-hybridized carbons (Fsp3) is 0.381. The third-order valence-electron chi connectivity index (χ3n) is 5.76. The Morgan fingerprint density at radius 1 is 1.30 bits per heavy atom. The quantitative estimate of drug-likeness (QED) is 0.476. The van der Waals surface area contributed by atoms with E-state index in [2.05, 4.69) is 44.4 Å². The molecule has 8 nitrogen and oxygen atoms in total. The molecule has 1 aliphatic carbocycles. The first kappa shape index (κ1) is 19.4. The summed E-state index contributed by atoms with van der Waals surface area (Å²) in [6.45, 7) is 1.20. The molecule has 0 bridgehead atoms. The molecule has 5 rings (SSSR count). The second-order valence-electron chi connectivity index (χ2n) is 7.52. The van der Waals surface area contributed by atoms with E-state index in [0.717, 1.165) is 33.8 Å². The van der Waals surface area contributed by atoms with Gasteiger partial charge in [0.1, 0.15) is 17.5 Å². The molecule has 0 saturated heterocycles. The highest BCUT2D eigenvalue weighted by Crippen LogP contribution is 2.34. The lowest BCUT2D eigenvalue weighted by molar-refractivity contribution is -0.0137. The first-order valence-corrected chi connectivity index (χ1v) is 10.6. The lowest BCUT2D eigenvalue weighted by Crippen LogP contribution is -2.44. The predicted molar refractivity (Wildman–Crippen MR) is 119 cm³/mol. The Morgan fingerprint density at radius 3 is 3.00 bits per heavy atom. The summed E-state index contributed by atoms with van der Waals surface area (Å²) in [6.07, 6.45) is 6.99. The van der Waals surface area contributed by atoms with Gasteiger partial charge in [0, 0.05) is 42.2 Å². The van der Waals surface area contributed by atoms with Gasteiger partial charge in [0.15, 0.2) is 0 Å². The summed E-state index contributed by atoms with van der Waals surface area (Å²) in [6, 6.07) is 4.03. The number of thiophene rings is 1. The Balaban J connectivity index is 1.56. The number of hydrogen-bond donors (Lipinski definition) is 4. The smallest absolute Gasteiger partial charge is 0.144 e. The fourth-order valence-corrected chi connectivity index (χ4v) is 5.48. The minimum atomic E-state index is -0.416. The van der Waals surface area contributed by atoms with Crippen LogP contribution < -0.4 is 30.4 Å². The zero-order chi connectivity index (χ0) is 20.7. The number of nitrogens with one attached hydrogen (secondary N) is 4. The Morgan fingerprint density at radius 2 is 2.20 bits per heavy atom. The molecule has 158 valence electrons. The van der Waals surface area contributed by atoms with Gasteiger partial charge in [-0.3, -0.25) is 10.4 Å². The summed E-state index contributed by atoms with van der Waals surface area (Å²) >= 11 is 1.75. The van der Waals surface area contributed by atoms with E-state index in [4.69, 9.17) is 14.2 Å². The zero-order valence-electron chi connectivity index (χ0n) is 17.2. The van der Waals surface area contributed by atoms with E-state index in [0.29, 0.717) is 13.3 Å². The molecule has 3 aromatic rings. The summed E-state index contributed by atoms with van der Waals surface area (Å²) in [7, 11) is 5.13. The van der Waals surface area contributed by atoms with Crippen LogP contribution in [0, 0.1) is 0 Å². The molecule has 2 aliphatic rings.